The first-order valence-corrected chi connectivity index (χ1v) is 5.69. The predicted octanol–water partition coefficient (Wildman–Crippen LogP) is 2.17. The monoisotopic (exact) mass is 211 g/mol. The lowest BCUT2D eigenvalue weighted by Gasteiger charge is -2.23. The Bertz CT molecular complexity index is 244. The number of hydrogen-bond acceptors (Lipinski definition) is 2. The molecule has 1 aliphatic rings. The molecule has 3 N–H and O–H groups in total. The van der Waals surface area contributed by atoms with Crippen molar-refractivity contribution in [2.75, 3.05) is 6.54 Å². The molecule has 86 valence electrons. The van der Waals surface area contributed by atoms with Gasteiger partial charge in [0.2, 0.25) is 0 Å². The molecule has 0 aromatic rings. The Morgan fingerprint density at radius 2 is 2.27 bits per heavy atom. The van der Waals surface area contributed by atoms with E-state index in [1.165, 1.54) is 0 Å². The van der Waals surface area contributed by atoms with Crippen molar-refractivity contribution in [3.8, 4) is 0 Å². The van der Waals surface area contributed by atoms with Gasteiger partial charge in [-0.2, -0.15) is 0 Å². The Morgan fingerprint density at radius 3 is 2.67 bits per heavy atom. The van der Waals surface area contributed by atoms with E-state index in [9.17, 15) is 4.79 Å². The number of carboxylic acid groups (broad SMARTS) is 1. The summed E-state index contributed by atoms with van der Waals surface area (Å²) in [7, 11) is 0. The summed E-state index contributed by atoms with van der Waals surface area (Å²) < 4.78 is 0. The molecule has 0 unspecified atom stereocenters. The van der Waals surface area contributed by atoms with E-state index in [1.807, 2.05) is 6.92 Å². The predicted molar refractivity (Wildman–Crippen MR) is 60.5 cm³/mol. The number of allylic oxidation sites excluding steroid dienone is 2. The molecule has 15 heavy (non-hydrogen) atoms. The van der Waals surface area contributed by atoms with Crippen molar-refractivity contribution in [3.05, 3.63) is 12.2 Å². The molecule has 1 aliphatic carbocycles. The number of carboxylic acids is 1. The van der Waals surface area contributed by atoms with Crippen LogP contribution in [0.5, 0.6) is 0 Å². The van der Waals surface area contributed by atoms with Crippen molar-refractivity contribution in [3.63, 3.8) is 0 Å². The van der Waals surface area contributed by atoms with Crippen LogP contribution in [-0.2, 0) is 4.79 Å². The summed E-state index contributed by atoms with van der Waals surface area (Å²) in [4.78, 5) is 10.6. The average molecular weight is 211 g/mol. The van der Waals surface area contributed by atoms with E-state index >= 15 is 0 Å². The van der Waals surface area contributed by atoms with Gasteiger partial charge in [0.05, 0.1) is 0 Å². The van der Waals surface area contributed by atoms with E-state index < -0.39 is 5.97 Å². The molecule has 0 saturated heterocycles. The van der Waals surface area contributed by atoms with E-state index in [0.29, 0.717) is 18.9 Å². The molecule has 3 nitrogen and oxygen atoms in total. The van der Waals surface area contributed by atoms with Crippen molar-refractivity contribution in [1.82, 2.24) is 0 Å². The Kier molecular flexibility index (Phi) is 4.33. The average Bonchev–Trinajstić information content (AvgIpc) is 2.95. The molecule has 1 rings (SSSR count). The summed E-state index contributed by atoms with van der Waals surface area (Å²) in [6, 6.07) is 0. The molecular formula is C12H21NO2. The van der Waals surface area contributed by atoms with Gasteiger partial charge in [0.15, 0.2) is 0 Å². The molecule has 3 heteroatoms. The van der Waals surface area contributed by atoms with Crippen molar-refractivity contribution in [1.29, 1.82) is 0 Å². The number of nitrogens with two attached hydrogens (primary N) is 1. The maximum absolute atomic E-state index is 10.6. The molecule has 0 spiro atoms. The second-order valence-corrected chi connectivity index (χ2v) is 4.47. The van der Waals surface area contributed by atoms with Crippen molar-refractivity contribution in [2.24, 2.45) is 17.1 Å². The molecule has 0 aromatic carbocycles. The van der Waals surface area contributed by atoms with Crippen LogP contribution in [0.2, 0.25) is 0 Å². The largest absolute Gasteiger partial charge is 0.481 e. The third-order valence-electron chi connectivity index (χ3n) is 3.42. The van der Waals surface area contributed by atoms with Gasteiger partial charge in [-0.15, -0.1) is 0 Å². The van der Waals surface area contributed by atoms with Gasteiger partial charge in [-0.3, -0.25) is 4.79 Å². The van der Waals surface area contributed by atoms with Gasteiger partial charge in [0, 0.05) is 6.42 Å². The van der Waals surface area contributed by atoms with Crippen molar-refractivity contribution in [2.45, 2.75) is 39.0 Å². The smallest absolute Gasteiger partial charge is 0.303 e. The fraction of sp³-hybridized carbons (Fsp3) is 0.750. The van der Waals surface area contributed by atoms with E-state index in [0.717, 1.165) is 25.7 Å². The first-order valence-electron chi connectivity index (χ1n) is 5.69. The highest BCUT2D eigenvalue weighted by atomic mass is 16.4. The summed E-state index contributed by atoms with van der Waals surface area (Å²) >= 11 is 0. The van der Waals surface area contributed by atoms with Gasteiger partial charge >= 0.3 is 5.97 Å². The zero-order valence-electron chi connectivity index (χ0n) is 9.41. The van der Waals surface area contributed by atoms with Crippen molar-refractivity contribution < 1.29 is 9.90 Å². The lowest BCUT2D eigenvalue weighted by Crippen LogP contribution is -2.19. The molecule has 1 fully saturated rings. The van der Waals surface area contributed by atoms with Crippen LogP contribution in [0.25, 0.3) is 0 Å². The van der Waals surface area contributed by atoms with Crippen LogP contribution in [0.1, 0.15) is 39.0 Å². The first kappa shape index (κ1) is 12.2. The van der Waals surface area contributed by atoms with Crippen LogP contribution >= 0.6 is 0 Å². The standard InChI is InChI=1S/C12H21NO2/c1-2-3-10(5-9-13)12(7-8-12)6-4-11(14)15/h2-3,10H,4-9,13H2,1H3,(H,14,15)/b3-2+/t10-/m0/s1. The van der Waals surface area contributed by atoms with E-state index in [-0.39, 0.29) is 5.41 Å². The zero-order chi connectivity index (χ0) is 11.3. The van der Waals surface area contributed by atoms with Crippen LogP contribution in [0.3, 0.4) is 0 Å². The Hall–Kier alpha value is -0.830. The second kappa shape index (κ2) is 5.31. The molecular weight excluding hydrogens is 190 g/mol. The summed E-state index contributed by atoms with van der Waals surface area (Å²) in [5.41, 5.74) is 5.84. The van der Waals surface area contributed by atoms with E-state index in [2.05, 4.69) is 12.2 Å². The van der Waals surface area contributed by atoms with Crippen LogP contribution in [0, 0.1) is 11.3 Å². The summed E-state index contributed by atoms with van der Waals surface area (Å²) in [6.07, 6.45) is 8.65. The lowest BCUT2D eigenvalue weighted by atomic mass is 9.82. The third-order valence-corrected chi connectivity index (χ3v) is 3.42. The highest BCUT2D eigenvalue weighted by Gasteiger charge is 2.47. The quantitative estimate of drug-likeness (QED) is 0.634. The van der Waals surface area contributed by atoms with Gasteiger partial charge in [0.1, 0.15) is 0 Å². The Morgan fingerprint density at radius 1 is 1.60 bits per heavy atom. The van der Waals surface area contributed by atoms with E-state index in [1.54, 1.807) is 0 Å². The number of rotatable bonds is 7. The Labute approximate surface area is 91.4 Å². The number of hydrogen-bond donors (Lipinski definition) is 2. The van der Waals surface area contributed by atoms with Crippen LogP contribution < -0.4 is 5.73 Å². The molecule has 0 radical (unpaired) electrons. The highest BCUT2D eigenvalue weighted by Crippen LogP contribution is 2.57. The summed E-state index contributed by atoms with van der Waals surface area (Å²) in [5, 5.41) is 8.70. The molecule has 0 aliphatic heterocycles. The minimum atomic E-state index is -0.687. The van der Waals surface area contributed by atoms with Gasteiger partial charge in [-0.1, -0.05) is 12.2 Å². The van der Waals surface area contributed by atoms with Crippen LogP contribution in [-0.4, -0.2) is 17.6 Å². The topological polar surface area (TPSA) is 63.3 Å². The lowest BCUT2D eigenvalue weighted by molar-refractivity contribution is -0.137. The fourth-order valence-electron chi connectivity index (χ4n) is 2.34. The molecule has 0 bridgehead atoms. The van der Waals surface area contributed by atoms with Gasteiger partial charge in [-0.05, 0) is 50.5 Å². The number of carbonyl (C=O) groups is 1. The molecule has 0 amide bonds. The van der Waals surface area contributed by atoms with Gasteiger partial charge in [-0.25, -0.2) is 0 Å². The SMILES string of the molecule is C/C=C/[C@@H](CCN)C1(CCC(=O)O)CC1. The second-order valence-electron chi connectivity index (χ2n) is 4.47. The van der Waals surface area contributed by atoms with Crippen LogP contribution in [0.15, 0.2) is 12.2 Å². The highest BCUT2D eigenvalue weighted by molar-refractivity contribution is 5.66. The first-order chi connectivity index (χ1) is 7.14. The summed E-state index contributed by atoms with van der Waals surface area (Å²) in [5.74, 6) is -0.208. The minimum absolute atomic E-state index is 0.254. The number of aliphatic carboxylic acids is 1. The maximum Gasteiger partial charge on any atom is 0.303 e. The third kappa shape index (κ3) is 3.34. The summed E-state index contributed by atoms with van der Waals surface area (Å²) in [6.45, 7) is 2.70. The molecule has 1 atom stereocenters. The minimum Gasteiger partial charge on any atom is -0.481 e. The van der Waals surface area contributed by atoms with Crippen molar-refractivity contribution >= 4 is 5.97 Å². The zero-order valence-corrected chi connectivity index (χ0v) is 9.41. The maximum atomic E-state index is 10.6. The van der Waals surface area contributed by atoms with E-state index in [4.69, 9.17) is 10.8 Å². The van der Waals surface area contributed by atoms with Gasteiger partial charge < -0.3 is 10.8 Å². The molecule has 0 aromatic heterocycles. The Balaban J connectivity index is 2.53. The van der Waals surface area contributed by atoms with Crippen LogP contribution in [0.4, 0.5) is 0 Å². The normalized spacial score (nSPS) is 20.4. The molecule has 0 heterocycles. The van der Waals surface area contributed by atoms with Gasteiger partial charge in [0.25, 0.3) is 0 Å². The fourth-order valence-corrected chi connectivity index (χ4v) is 2.34. The molecule has 1 saturated carbocycles.